The fourth-order valence-electron chi connectivity index (χ4n) is 2.84. The lowest BCUT2D eigenvalue weighted by molar-refractivity contribution is 0.0156. The van der Waals surface area contributed by atoms with Crippen molar-refractivity contribution in [3.63, 3.8) is 0 Å². The Morgan fingerprint density at radius 1 is 1.53 bits per heavy atom. The van der Waals surface area contributed by atoms with E-state index in [2.05, 4.69) is 52.1 Å². The molecule has 0 amide bonds. The van der Waals surface area contributed by atoms with Gasteiger partial charge in [-0.15, -0.1) is 0 Å². The fourth-order valence-corrected chi connectivity index (χ4v) is 3.29. The molecule has 2 atom stereocenters. The Balaban J connectivity index is 1.97. The average Bonchev–Trinajstić information content (AvgIpc) is 2.41. The molecule has 1 aliphatic rings. The second-order valence-corrected chi connectivity index (χ2v) is 6.24. The molecule has 0 saturated carbocycles. The van der Waals surface area contributed by atoms with E-state index < -0.39 is 0 Å². The number of benzene rings is 1. The van der Waals surface area contributed by atoms with Crippen LogP contribution in [0.4, 0.5) is 0 Å². The summed E-state index contributed by atoms with van der Waals surface area (Å²) in [5.74, 6) is 0.566. The lowest BCUT2D eigenvalue weighted by Gasteiger charge is -2.36. The van der Waals surface area contributed by atoms with Gasteiger partial charge in [0.1, 0.15) is 0 Å². The van der Waals surface area contributed by atoms with E-state index >= 15 is 0 Å². The third-order valence-electron chi connectivity index (χ3n) is 3.87. The summed E-state index contributed by atoms with van der Waals surface area (Å²) in [6.07, 6.45) is 2.39. The molecule has 106 valence electrons. The Morgan fingerprint density at radius 2 is 2.37 bits per heavy atom. The summed E-state index contributed by atoms with van der Waals surface area (Å²) in [5.41, 5.74) is 7.29. The van der Waals surface area contributed by atoms with Gasteiger partial charge in [0.2, 0.25) is 0 Å². The van der Waals surface area contributed by atoms with Crippen molar-refractivity contribution in [3.05, 3.63) is 34.3 Å². The molecule has 1 aromatic rings. The van der Waals surface area contributed by atoms with Crippen LogP contribution in [0, 0.1) is 5.92 Å². The van der Waals surface area contributed by atoms with E-state index in [1.807, 2.05) is 0 Å². The highest BCUT2D eigenvalue weighted by atomic mass is 79.9. The minimum absolute atomic E-state index is 0.402. The molecule has 0 aromatic heterocycles. The highest BCUT2D eigenvalue weighted by Gasteiger charge is 2.26. The Morgan fingerprint density at radius 3 is 3.00 bits per heavy atom. The van der Waals surface area contributed by atoms with Gasteiger partial charge in [0.05, 0.1) is 6.61 Å². The van der Waals surface area contributed by atoms with Crippen molar-refractivity contribution in [2.24, 2.45) is 11.7 Å². The van der Waals surface area contributed by atoms with Gasteiger partial charge in [-0.3, -0.25) is 4.90 Å². The van der Waals surface area contributed by atoms with E-state index in [0.717, 1.165) is 30.7 Å². The first-order valence-electron chi connectivity index (χ1n) is 6.93. The minimum atomic E-state index is 0.402. The maximum Gasteiger partial charge on any atom is 0.0509 e. The van der Waals surface area contributed by atoms with E-state index in [1.54, 1.807) is 0 Å². The van der Waals surface area contributed by atoms with Crippen molar-refractivity contribution in [2.45, 2.75) is 25.4 Å². The summed E-state index contributed by atoms with van der Waals surface area (Å²) < 4.78 is 6.72. The largest absolute Gasteiger partial charge is 0.381 e. The second-order valence-electron chi connectivity index (χ2n) is 5.33. The molecule has 2 N–H and O–H groups in total. The van der Waals surface area contributed by atoms with Gasteiger partial charge < -0.3 is 10.5 Å². The number of rotatable bonds is 5. The molecule has 2 unspecified atom stereocenters. The first-order chi connectivity index (χ1) is 9.20. The molecule has 0 bridgehead atoms. The first-order valence-corrected chi connectivity index (χ1v) is 7.72. The zero-order chi connectivity index (χ0) is 13.7. The number of hydrogen-bond acceptors (Lipinski definition) is 3. The molecule has 1 fully saturated rings. The second kappa shape index (κ2) is 7.39. The molecule has 3 nitrogen and oxygen atoms in total. The van der Waals surface area contributed by atoms with Crippen LogP contribution in [-0.4, -0.2) is 37.7 Å². The topological polar surface area (TPSA) is 38.5 Å². The smallest absolute Gasteiger partial charge is 0.0509 e. The molecule has 2 rings (SSSR count). The van der Waals surface area contributed by atoms with Crippen LogP contribution in [0.5, 0.6) is 0 Å². The van der Waals surface area contributed by atoms with Crippen LogP contribution in [-0.2, 0) is 11.3 Å². The highest BCUT2D eigenvalue weighted by Crippen LogP contribution is 2.22. The molecular weight excluding hydrogens is 304 g/mol. The zero-order valence-corrected chi connectivity index (χ0v) is 13.1. The SMILES string of the molecule is CN(Cc1cccc(Br)c1)C(CN)C1CCCOC1. The van der Waals surface area contributed by atoms with Crippen LogP contribution in [0.15, 0.2) is 28.7 Å². The van der Waals surface area contributed by atoms with Crippen molar-refractivity contribution < 1.29 is 4.74 Å². The van der Waals surface area contributed by atoms with E-state index in [1.165, 1.54) is 12.0 Å². The number of nitrogens with zero attached hydrogens (tertiary/aromatic N) is 1. The molecule has 1 aliphatic heterocycles. The fraction of sp³-hybridized carbons (Fsp3) is 0.600. The Hall–Kier alpha value is -0.420. The summed E-state index contributed by atoms with van der Waals surface area (Å²) in [6, 6.07) is 8.86. The Bertz CT molecular complexity index is 393. The van der Waals surface area contributed by atoms with Crippen molar-refractivity contribution in [1.82, 2.24) is 4.90 Å². The molecule has 19 heavy (non-hydrogen) atoms. The zero-order valence-electron chi connectivity index (χ0n) is 11.5. The molecule has 0 radical (unpaired) electrons. The third-order valence-corrected chi connectivity index (χ3v) is 4.36. The van der Waals surface area contributed by atoms with Crippen LogP contribution >= 0.6 is 15.9 Å². The van der Waals surface area contributed by atoms with Crippen molar-refractivity contribution >= 4 is 15.9 Å². The monoisotopic (exact) mass is 326 g/mol. The molecule has 0 spiro atoms. The van der Waals surface area contributed by atoms with Crippen molar-refractivity contribution in [3.8, 4) is 0 Å². The van der Waals surface area contributed by atoms with Crippen molar-refractivity contribution in [2.75, 3.05) is 26.8 Å². The van der Waals surface area contributed by atoms with Gasteiger partial charge in [0.25, 0.3) is 0 Å². The van der Waals surface area contributed by atoms with E-state index in [4.69, 9.17) is 10.5 Å². The van der Waals surface area contributed by atoms with E-state index in [-0.39, 0.29) is 0 Å². The standard InChI is InChI=1S/C15H23BrN2O/c1-18(10-12-4-2-6-14(16)8-12)15(9-17)13-5-3-7-19-11-13/h2,4,6,8,13,15H,3,5,7,9-11,17H2,1H3. The molecule has 1 saturated heterocycles. The van der Waals surface area contributed by atoms with E-state index in [9.17, 15) is 0 Å². The number of halogens is 1. The normalized spacial score (nSPS) is 21.6. The highest BCUT2D eigenvalue weighted by molar-refractivity contribution is 9.10. The molecule has 4 heteroatoms. The van der Waals surface area contributed by atoms with Gasteiger partial charge in [0, 0.05) is 30.2 Å². The van der Waals surface area contributed by atoms with Crippen molar-refractivity contribution in [1.29, 1.82) is 0 Å². The predicted octanol–water partition coefficient (Wildman–Crippen LogP) is 2.63. The molecular formula is C15H23BrN2O. The summed E-state index contributed by atoms with van der Waals surface area (Å²) in [5, 5.41) is 0. The molecule has 1 aromatic carbocycles. The van der Waals surface area contributed by atoms with Crippen LogP contribution in [0.3, 0.4) is 0 Å². The third kappa shape index (κ3) is 4.28. The van der Waals surface area contributed by atoms with Gasteiger partial charge >= 0.3 is 0 Å². The van der Waals surface area contributed by atoms with E-state index in [0.29, 0.717) is 18.5 Å². The van der Waals surface area contributed by atoms with Gasteiger partial charge in [0.15, 0.2) is 0 Å². The Kier molecular flexibility index (Phi) is 5.82. The summed E-state index contributed by atoms with van der Waals surface area (Å²) in [6.45, 7) is 3.38. The minimum Gasteiger partial charge on any atom is -0.381 e. The summed E-state index contributed by atoms with van der Waals surface area (Å²) in [4.78, 5) is 2.36. The quantitative estimate of drug-likeness (QED) is 0.904. The summed E-state index contributed by atoms with van der Waals surface area (Å²) >= 11 is 3.52. The average molecular weight is 327 g/mol. The van der Waals surface area contributed by atoms with Crippen LogP contribution in [0.1, 0.15) is 18.4 Å². The molecule has 0 aliphatic carbocycles. The predicted molar refractivity (Wildman–Crippen MR) is 82.0 cm³/mol. The van der Waals surface area contributed by atoms with Gasteiger partial charge in [-0.05, 0) is 43.5 Å². The number of likely N-dealkylation sites (N-methyl/N-ethyl adjacent to an activating group) is 1. The number of hydrogen-bond donors (Lipinski definition) is 1. The van der Waals surface area contributed by atoms with Crippen LogP contribution < -0.4 is 5.73 Å². The lowest BCUT2D eigenvalue weighted by Crippen LogP contribution is -2.45. The maximum atomic E-state index is 5.98. The number of ether oxygens (including phenoxy) is 1. The van der Waals surface area contributed by atoms with Crippen LogP contribution in [0.2, 0.25) is 0 Å². The van der Waals surface area contributed by atoms with Crippen LogP contribution in [0.25, 0.3) is 0 Å². The van der Waals surface area contributed by atoms with Gasteiger partial charge in [-0.25, -0.2) is 0 Å². The lowest BCUT2D eigenvalue weighted by atomic mass is 9.92. The van der Waals surface area contributed by atoms with Gasteiger partial charge in [-0.1, -0.05) is 28.1 Å². The Labute approximate surface area is 124 Å². The molecule has 1 heterocycles. The maximum absolute atomic E-state index is 5.98. The first kappa shape index (κ1) is 15.0. The number of nitrogens with two attached hydrogens (primary N) is 1. The van der Waals surface area contributed by atoms with Gasteiger partial charge in [-0.2, -0.15) is 0 Å². The summed E-state index contributed by atoms with van der Waals surface area (Å²) in [7, 11) is 2.16.